The summed E-state index contributed by atoms with van der Waals surface area (Å²) in [6.45, 7) is 0.338. The van der Waals surface area contributed by atoms with E-state index in [2.05, 4.69) is 16.1 Å². The lowest BCUT2D eigenvalue weighted by Crippen LogP contribution is -2.36. The Hall–Kier alpha value is -2.68. The summed E-state index contributed by atoms with van der Waals surface area (Å²) in [5.74, 6) is 4.61. The summed E-state index contributed by atoms with van der Waals surface area (Å²) in [5.41, 5.74) is 2.42. The Kier molecular flexibility index (Phi) is 3.80. The molecule has 1 aromatic rings. The van der Waals surface area contributed by atoms with Crippen LogP contribution in [0.15, 0.2) is 18.2 Å². The molecule has 0 aliphatic carbocycles. The largest absolute Gasteiger partial charge is 0.354 e. The van der Waals surface area contributed by atoms with Gasteiger partial charge in [0.25, 0.3) is 11.6 Å². The third-order valence-corrected chi connectivity index (χ3v) is 2.93. The van der Waals surface area contributed by atoms with Gasteiger partial charge in [0.2, 0.25) is 5.91 Å². The minimum absolute atomic E-state index is 0.0565. The zero-order valence-electron chi connectivity index (χ0n) is 10.4. The van der Waals surface area contributed by atoms with Gasteiger partial charge in [-0.15, -0.1) is 0 Å². The van der Waals surface area contributed by atoms with Gasteiger partial charge in [0.15, 0.2) is 0 Å². The van der Waals surface area contributed by atoms with Crippen LogP contribution < -0.4 is 21.9 Å². The van der Waals surface area contributed by atoms with Crippen molar-refractivity contribution in [2.24, 2.45) is 5.84 Å². The summed E-state index contributed by atoms with van der Waals surface area (Å²) < 4.78 is 0. The quantitative estimate of drug-likeness (QED) is 0.333. The molecule has 1 fully saturated rings. The Balaban J connectivity index is 2.21. The fourth-order valence-corrected chi connectivity index (χ4v) is 1.93. The molecule has 0 saturated carbocycles. The Morgan fingerprint density at radius 2 is 2.25 bits per heavy atom. The van der Waals surface area contributed by atoms with Gasteiger partial charge >= 0.3 is 0 Å². The molecular weight excluding hydrogens is 266 g/mol. The number of nitrogens with zero attached hydrogens (tertiary/aromatic N) is 1. The van der Waals surface area contributed by atoms with Gasteiger partial charge in [-0.25, -0.2) is 0 Å². The summed E-state index contributed by atoms with van der Waals surface area (Å²) in [6.07, 6.45) is 0.187. The first-order valence-corrected chi connectivity index (χ1v) is 5.84. The third-order valence-electron chi connectivity index (χ3n) is 2.93. The number of nitrogens with one attached hydrogen (secondary N) is 3. The maximum absolute atomic E-state index is 12.1. The first-order chi connectivity index (χ1) is 9.51. The molecule has 2 amide bonds. The van der Waals surface area contributed by atoms with E-state index in [-0.39, 0.29) is 35.3 Å². The maximum Gasteiger partial charge on any atom is 0.270 e. The van der Waals surface area contributed by atoms with Crippen molar-refractivity contribution in [3.63, 3.8) is 0 Å². The lowest BCUT2D eigenvalue weighted by molar-refractivity contribution is -0.384. The molecule has 0 aromatic heterocycles. The van der Waals surface area contributed by atoms with Gasteiger partial charge in [0.1, 0.15) is 0 Å². The van der Waals surface area contributed by atoms with Crippen molar-refractivity contribution in [1.82, 2.24) is 10.6 Å². The van der Waals surface area contributed by atoms with Crippen molar-refractivity contribution in [2.75, 3.05) is 12.0 Å². The molecular formula is C11H13N5O4. The molecule has 0 radical (unpaired) electrons. The fourth-order valence-electron chi connectivity index (χ4n) is 1.93. The highest BCUT2D eigenvalue weighted by Crippen LogP contribution is 2.21. The number of benzene rings is 1. The van der Waals surface area contributed by atoms with E-state index in [0.717, 1.165) is 6.07 Å². The summed E-state index contributed by atoms with van der Waals surface area (Å²) in [4.78, 5) is 33.3. The summed E-state index contributed by atoms with van der Waals surface area (Å²) in [7, 11) is 0. The number of nitrogen functional groups attached to an aromatic ring is 1. The Labute approximate surface area is 113 Å². The number of hydrazine groups is 1. The third kappa shape index (κ3) is 2.83. The number of amides is 2. The van der Waals surface area contributed by atoms with Crippen LogP contribution >= 0.6 is 0 Å². The molecule has 1 unspecified atom stereocenters. The second kappa shape index (κ2) is 5.53. The monoisotopic (exact) mass is 279 g/mol. The van der Waals surface area contributed by atoms with E-state index in [1.54, 1.807) is 0 Å². The van der Waals surface area contributed by atoms with Crippen LogP contribution in [0, 0.1) is 10.1 Å². The molecule has 0 bridgehead atoms. The topological polar surface area (TPSA) is 139 Å². The van der Waals surface area contributed by atoms with Crippen LogP contribution in [0.3, 0.4) is 0 Å². The average molecular weight is 279 g/mol. The predicted octanol–water partition coefficient (Wildman–Crippen LogP) is -0.501. The molecule has 1 heterocycles. The molecule has 1 atom stereocenters. The Morgan fingerprint density at radius 3 is 2.80 bits per heavy atom. The van der Waals surface area contributed by atoms with Gasteiger partial charge < -0.3 is 16.1 Å². The highest BCUT2D eigenvalue weighted by Gasteiger charge is 2.25. The Morgan fingerprint density at radius 1 is 1.50 bits per heavy atom. The second-order valence-corrected chi connectivity index (χ2v) is 4.31. The highest BCUT2D eigenvalue weighted by atomic mass is 16.6. The first-order valence-electron chi connectivity index (χ1n) is 5.84. The lowest BCUT2D eigenvalue weighted by atomic mass is 10.1. The Bertz CT molecular complexity index is 574. The van der Waals surface area contributed by atoms with E-state index < -0.39 is 10.8 Å². The smallest absolute Gasteiger partial charge is 0.270 e. The highest BCUT2D eigenvalue weighted by molar-refractivity contribution is 6.00. The van der Waals surface area contributed by atoms with Crippen LogP contribution in [-0.4, -0.2) is 29.3 Å². The van der Waals surface area contributed by atoms with Crippen LogP contribution in [-0.2, 0) is 4.79 Å². The zero-order valence-corrected chi connectivity index (χ0v) is 10.4. The molecule has 1 saturated heterocycles. The van der Waals surface area contributed by atoms with Crippen LogP contribution in [0.25, 0.3) is 0 Å². The molecule has 1 aliphatic heterocycles. The number of nitrogens with two attached hydrogens (primary N) is 1. The van der Waals surface area contributed by atoms with Crippen LogP contribution in [0.5, 0.6) is 0 Å². The number of anilines is 1. The molecule has 9 heteroatoms. The molecule has 5 N–H and O–H groups in total. The van der Waals surface area contributed by atoms with E-state index in [0.29, 0.717) is 6.54 Å². The van der Waals surface area contributed by atoms with Crippen molar-refractivity contribution < 1.29 is 14.5 Å². The van der Waals surface area contributed by atoms with Gasteiger partial charge in [-0.2, -0.15) is 0 Å². The van der Waals surface area contributed by atoms with E-state index in [4.69, 9.17) is 5.84 Å². The predicted molar refractivity (Wildman–Crippen MR) is 69.8 cm³/mol. The lowest BCUT2D eigenvalue weighted by Gasteiger charge is -2.13. The van der Waals surface area contributed by atoms with Crippen molar-refractivity contribution in [1.29, 1.82) is 0 Å². The number of rotatable bonds is 4. The summed E-state index contributed by atoms with van der Waals surface area (Å²) in [5, 5.41) is 15.9. The van der Waals surface area contributed by atoms with E-state index in [9.17, 15) is 19.7 Å². The van der Waals surface area contributed by atoms with Crippen molar-refractivity contribution in [2.45, 2.75) is 12.5 Å². The number of nitro groups is 1. The average Bonchev–Trinajstić information content (AvgIpc) is 2.83. The van der Waals surface area contributed by atoms with Crippen LogP contribution in [0.2, 0.25) is 0 Å². The van der Waals surface area contributed by atoms with Crippen molar-refractivity contribution in [3.8, 4) is 0 Å². The minimum Gasteiger partial charge on any atom is -0.354 e. The second-order valence-electron chi connectivity index (χ2n) is 4.31. The molecule has 106 valence electrons. The molecule has 9 nitrogen and oxygen atoms in total. The SMILES string of the molecule is NNc1ccc([N+](=O)[O-])cc1C(=O)NC1CNC(=O)C1. The van der Waals surface area contributed by atoms with Gasteiger partial charge in [-0.3, -0.25) is 25.5 Å². The number of nitro benzene ring substituents is 1. The maximum atomic E-state index is 12.1. The van der Waals surface area contributed by atoms with Crippen LogP contribution in [0.4, 0.5) is 11.4 Å². The number of hydrogen-bond donors (Lipinski definition) is 4. The van der Waals surface area contributed by atoms with E-state index in [1.807, 2.05) is 0 Å². The summed E-state index contributed by atoms with van der Waals surface area (Å²) in [6, 6.07) is 3.40. The fraction of sp³-hybridized carbons (Fsp3) is 0.273. The number of carbonyl (C=O) groups excluding carboxylic acids is 2. The molecule has 2 rings (SSSR count). The molecule has 1 aliphatic rings. The molecule has 20 heavy (non-hydrogen) atoms. The number of carbonyl (C=O) groups is 2. The van der Waals surface area contributed by atoms with E-state index in [1.165, 1.54) is 12.1 Å². The van der Waals surface area contributed by atoms with E-state index >= 15 is 0 Å². The molecule has 0 spiro atoms. The van der Waals surface area contributed by atoms with Gasteiger partial charge in [0.05, 0.1) is 22.2 Å². The number of non-ortho nitro benzene ring substituents is 1. The van der Waals surface area contributed by atoms with Crippen molar-refractivity contribution >= 4 is 23.2 Å². The normalized spacial score (nSPS) is 17.4. The van der Waals surface area contributed by atoms with Crippen LogP contribution in [0.1, 0.15) is 16.8 Å². The van der Waals surface area contributed by atoms with Gasteiger partial charge in [-0.05, 0) is 6.07 Å². The standard InChI is InChI=1S/C11H13N5O4/c12-15-9-2-1-7(16(19)20)4-8(9)11(18)14-6-3-10(17)13-5-6/h1-2,4,6,15H,3,5,12H2,(H,13,17)(H,14,18). The first kappa shape index (κ1) is 13.7. The minimum atomic E-state index is -0.599. The van der Waals surface area contributed by atoms with Gasteiger partial charge in [-0.1, -0.05) is 0 Å². The van der Waals surface area contributed by atoms with Crippen molar-refractivity contribution in [3.05, 3.63) is 33.9 Å². The molecule has 1 aromatic carbocycles. The van der Waals surface area contributed by atoms with Gasteiger partial charge in [0, 0.05) is 25.1 Å². The zero-order chi connectivity index (χ0) is 14.7. The number of hydrogen-bond acceptors (Lipinski definition) is 6. The summed E-state index contributed by atoms with van der Waals surface area (Å²) >= 11 is 0.